The third kappa shape index (κ3) is 5.82. The Kier molecular flexibility index (Phi) is 5.36. The standard InChI is InChI=1S/C13H16FNO2/c1-10(7-13(16)17)9-15-6-5-11-3-2-4-12(14)8-11/h2-4,7-8,15H,5-6,9H2,1H3,(H,16,17)/b10-7-. The molecule has 0 spiro atoms. The van der Waals surface area contributed by atoms with Crippen LogP contribution in [0.5, 0.6) is 0 Å². The fourth-order valence-electron chi connectivity index (χ4n) is 1.47. The minimum absolute atomic E-state index is 0.232. The summed E-state index contributed by atoms with van der Waals surface area (Å²) in [5.74, 6) is -1.17. The number of halogens is 1. The Labute approximate surface area is 100.0 Å². The highest BCUT2D eigenvalue weighted by molar-refractivity contribution is 5.80. The summed E-state index contributed by atoms with van der Waals surface area (Å²) in [7, 11) is 0. The van der Waals surface area contributed by atoms with Crippen LogP contribution in [-0.2, 0) is 11.2 Å². The number of benzene rings is 1. The third-order valence-corrected chi connectivity index (χ3v) is 2.25. The van der Waals surface area contributed by atoms with Gasteiger partial charge in [0.25, 0.3) is 0 Å². The van der Waals surface area contributed by atoms with Crippen LogP contribution in [0.1, 0.15) is 12.5 Å². The van der Waals surface area contributed by atoms with Crippen molar-refractivity contribution in [3.8, 4) is 0 Å². The van der Waals surface area contributed by atoms with Gasteiger partial charge in [-0.15, -0.1) is 0 Å². The van der Waals surface area contributed by atoms with Crippen molar-refractivity contribution in [1.82, 2.24) is 5.32 Å². The third-order valence-electron chi connectivity index (χ3n) is 2.25. The van der Waals surface area contributed by atoms with Gasteiger partial charge in [-0.2, -0.15) is 0 Å². The van der Waals surface area contributed by atoms with Gasteiger partial charge in [0, 0.05) is 12.6 Å². The second-order valence-electron chi connectivity index (χ2n) is 3.89. The molecular weight excluding hydrogens is 221 g/mol. The van der Waals surface area contributed by atoms with E-state index in [4.69, 9.17) is 5.11 Å². The second-order valence-corrected chi connectivity index (χ2v) is 3.89. The van der Waals surface area contributed by atoms with Gasteiger partial charge in [0.05, 0.1) is 0 Å². The van der Waals surface area contributed by atoms with Crippen LogP contribution in [0.3, 0.4) is 0 Å². The summed E-state index contributed by atoms with van der Waals surface area (Å²) in [5, 5.41) is 11.6. The SMILES string of the molecule is C/C(=C/C(=O)O)CNCCc1cccc(F)c1. The lowest BCUT2D eigenvalue weighted by molar-refractivity contribution is -0.131. The van der Waals surface area contributed by atoms with E-state index >= 15 is 0 Å². The van der Waals surface area contributed by atoms with E-state index in [-0.39, 0.29) is 5.82 Å². The van der Waals surface area contributed by atoms with Gasteiger partial charge in [-0.1, -0.05) is 17.7 Å². The molecule has 0 amide bonds. The van der Waals surface area contributed by atoms with Crippen LogP contribution >= 0.6 is 0 Å². The molecule has 2 N–H and O–H groups in total. The van der Waals surface area contributed by atoms with Crippen molar-refractivity contribution in [1.29, 1.82) is 0 Å². The van der Waals surface area contributed by atoms with Crippen molar-refractivity contribution < 1.29 is 14.3 Å². The number of aliphatic carboxylic acids is 1. The van der Waals surface area contributed by atoms with Crippen LogP contribution in [0.25, 0.3) is 0 Å². The van der Waals surface area contributed by atoms with E-state index in [1.54, 1.807) is 13.0 Å². The first-order valence-electron chi connectivity index (χ1n) is 5.43. The number of carboxylic acids is 1. The van der Waals surface area contributed by atoms with Crippen LogP contribution in [0.15, 0.2) is 35.9 Å². The number of rotatable bonds is 6. The Morgan fingerprint density at radius 3 is 2.94 bits per heavy atom. The molecule has 0 unspecified atom stereocenters. The van der Waals surface area contributed by atoms with E-state index in [9.17, 15) is 9.18 Å². The highest BCUT2D eigenvalue weighted by Gasteiger charge is 1.97. The quantitative estimate of drug-likeness (QED) is 0.587. The smallest absolute Gasteiger partial charge is 0.328 e. The molecule has 1 aromatic carbocycles. The molecule has 0 atom stereocenters. The van der Waals surface area contributed by atoms with Crippen molar-refractivity contribution in [2.75, 3.05) is 13.1 Å². The number of carbonyl (C=O) groups is 1. The molecule has 3 nitrogen and oxygen atoms in total. The highest BCUT2D eigenvalue weighted by atomic mass is 19.1. The lowest BCUT2D eigenvalue weighted by Crippen LogP contribution is -2.19. The van der Waals surface area contributed by atoms with E-state index in [1.165, 1.54) is 18.2 Å². The average Bonchev–Trinajstić information content (AvgIpc) is 2.23. The monoisotopic (exact) mass is 237 g/mol. The Morgan fingerprint density at radius 2 is 2.29 bits per heavy atom. The maximum atomic E-state index is 12.9. The number of carboxylic acid groups (broad SMARTS) is 1. The first kappa shape index (κ1) is 13.4. The molecule has 0 aromatic heterocycles. The van der Waals surface area contributed by atoms with E-state index < -0.39 is 5.97 Å². The van der Waals surface area contributed by atoms with Crippen LogP contribution in [-0.4, -0.2) is 24.2 Å². The van der Waals surface area contributed by atoms with Gasteiger partial charge in [-0.05, 0) is 37.6 Å². The van der Waals surface area contributed by atoms with Gasteiger partial charge < -0.3 is 10.4 Å². The molecule has 0 aliphatic rings. The van der Waals surface area contributed by atoms with E-state index in [1.807, 2.05) is 6.07 Å². The van der Waals surface area contributed by atoms with Gasteiger partial charge in [0.1, 0.15) is 5.82 Å². The van der Waals surface area contributed by atoms with Crippen molar-refractivity contribution >= 4 is 5.97 Å². The van der Waals surface area contributed by atoms with Crippen LogP contribution in [0.4, 0.5) is 4.39 Å². The van der Waals surface area contributed by atoms with Crippen LogP contribution < -0.4 is 5.32 Å². The summed E-state index contributed by atoms with van der Waals surface area (Å²) >= 11 is 0. The van der Waals surface area contributed by atoms with Gasteiger partial charge in [0.15, 0.2) is 0 Å². The lowest BCUT2D eigenvalue weighted by atomic mass is 10.1. The molecular formula is C13H16FNO2. The normalized spacial score (nSPS) is 11.5. The largest absolute Gasteiger partial charge is 0.478 e. The molecule has 0 bridgehead atoms. The minimum Gasteiger partial charge on any atom is -0.478 e. The molecule has 0 heterocycles. The van der Waals surface area contributed by atoms with E-state index in [0.29, 0.717) is 13.1 Å². The average molecular weight is 237 g/mol. The van der Waals surface area contributed by atoms with Crippen molar-refractivity contribution in [3.63, 3.8) is 0 Å². The summed E-state index contributed by atoms with van der Waals surface area (Å²) in [5.41, 5.74) is 1.69. The zero-order valence-electron chi connectivity index (χ0n) is 9.74. The minimum atomic E-state index is -0.936. The number of nitrogens with one attached hydrogen (secondary N) is 1. The van der Waals surface area contributed by atoms with Crippen molar-refractivity contribution in [2.45, 2.75) is 13.3 Å². The highest BCUT2D eigenvalue weighted by Crippen LogP contribution is 2.03. The molecule has 17 heavy (non-hydrogen) atoms. The Morgan fingerprint density at radius 1 is 1.53 bits per heavy atom. The Hall–Kier alpha value is -1.68. The molecule has 92 valence electrons. The van der Waals surface area contributed by atoms with Crippen molar-refractivity contribution in [2.24, 2.45) is 0 Å². The first-order valence-corrected chi connectivity index (χ1v) is 5.43. The number of hydrogen-bond donors (Lipinski definition) is 2. The van der Waals surface area contributed by atoms with E-state index in [0.717, 1.165) is 17.6 Å². The maximum absolute atomic E-state index is 12.9. The molecule has 1 rings (SSSR count). The maximum Gasteiger partial charge on any atom is 0.328 e. The number of hydrogen-bond acceptors (Lipinski definition) is 2. The summed E-state index contributed by atoms with van der Waals surface area (Å²) in [6.07, 6.45) is 1.90. The Balaban J connectivity index is 2.27. The second kappa shape index (κ2) is 6.81. The zero-order valence-corrected chi connectivity index (χ0v) is 9.74. The molecule has 4 heteroatoms. The molecule has 0 aliphatic heterocycles. The fraction of sp³-hybridized carbons (Fsp3) is 0.308. The molecule has 0 radical (unpaired) electrons. The van der Waals surface area contributed by atoms with Gasteiger partial charge >= 0.3 is 5.97 Å². The molecule has 0 fully saturated rings. The lowest BCUT2D eigenvalue weighted by Gasteiger charge is -2.05. The molecule has 0 aliphatic carbocycles. The first-order chi connectivity index (χ1) is 8.08. The molecule has 1 aromatic rings. The van der Waals surface area contributed by atoms with E-state index in [2.05, 4.69) is 5.32 Å². The summed E-state index contributed by atoms with van der Waals surface area (Å²) < 4.78 is 12.9. The fourth-order valence-corrected chi connectivity index (χ4v) is 1.47. The van der Waals surface area contributed by atoms with Gasteiger partial charge in [0.2, 0.25) is 0 Å². The van der Waals surface area contributed by atoms with Crippen molar-refractivity contribution in [3.05, 3.63) is 47.3 Å². The predicted molar refractivity (Wildman–Crippen MR) is 64.4 cm³/mol. The zero-order chi connectivity index (χ0) is 12.7. The Bertz CT molecular complexity index is 416. The van der Waals surface area contributed by atoms with Gasteiger partial charge in [-0.3, -0.25) is 0 Å². The van der Waals surface area contributed by atoms with Crippen LogP contribution in [0, 0.1) is 5.82 Å². The summed E-state index contributed by atoms with van der Waals surface area (Å²) in [6.45, 7) is 2.97. The predicted octanol–water partition coefficient (Wildman–Crippen LogP) is 1.99. The van der Waals surface area contributed by atoms with Crippen LogP contribution in [0.2, 0.25) is 0 Å². The summed E-state index contributed by atoms with van der Waals surface area (Å²) in [4.78, 5) is 10.4. The molecule has 0 saturated carbocycles. The molecule has 0 saturated heterocycles. The summed E-state index contributed by atoms with van der Waals surface area (Å²) in [6, 6.07) is 6.46. The topological polar surface area (TPSA) is 49.3 Å². The van der Waals surface area contributed by atoms with Gasteiger partial charge in [-0.25, -0.2) is 9.18 Å².